The van der Waals surface area contributed by atoms with Gasteiger partial charge in [-0.25, -0.2) is 0 Å². The molecule has 180 valence electrons. The number of hydrogen-bond donors (Lipinski definition) is 0. The fourth-order valence-electron chi connectivity index (χ4n) is 4.68. The van der Waals surface area contributed by atoms with Crippen LogP contribution < -0.4 is 14.9 Å². The number of amides is 1. The van der Waals surface area contributed by atoms with Crippen LogP contribution in [0, 0.1) is 0 Å². The zero-order chi connectivity index (χ0) is 24.2. The Kier molecular flexibility index (Phi) is 7.22. The lowest BCUT2D eigenvalue weighted by Crippen LogP contribution is -2.33. The van der Waals surface area contributed by atoms with E-state index in [1.165, 1.54) is 0 Å². The third-order valence-electron chi connectivity index (χ3n) is 6.44. The molecule has 0 saturated carbocycles. The van der Waals surface area contributed by atoms with Gasteiger partial charge in [0.05, 0.1) is 30.7 Å². The Labute approximate surface area is 199 Å². The Bertz CT molecular complexity index is 1230. The van der Waals surface area contributed by atoms with E-state index in [-0.39, 0.29) is 17.1 Å². The average molecular weight is 465 g/mol. The molecule has 0 radical (unpaired) electrons. The maximum atomic E-state index is 13.6. The topological polar surface area (TPSA) is 72.2 Å². The van der Waals surface area contributed by atoms with Gasteiger partial charge in [-0.15, -0.1) is 0 Å². The van der Waals surface area contributed by atoms with E-state index >= 15 is 0 Å². The van der Waals surface area contributed by atoms with Crippen LogP contribution in [-0.4, -0.2) is 55.6 Å². The molecule has 7 nitrogen and oxygen atoms in total. The van der Waals surface area contributed by atoms with Crippen molar-refractivity contribution in [2.45, 2.75) is 33.2 Å². The maximum absolute atomic E-state index is 13.6. The summed E-state index contributed by atoms with van der Waals surface area (Å²) >= 11 is 0. The van der Waals surface area contributed by atoms with Crippen molar-refractivity contribution in [3.63, 3.8) is 0 Å². The maximum Gasteiger partial charge on any atom is 0.290 e. The summed E-state index contributed by atoms with van der Waals surface area (Å²) in [6.45, 7) is 9.96. The molecule has 2 aromatic carbocycles. The molecule has 0 spiro atoms. The van der Waals surface area contributed by atoms with E-state index in [1.54, 1.807) is 36.3 Å². The summed E-state index contributed by atoms with van der Waals surface area (Å²) in [5, 5.41) is 0.474. The number of nitrogens with zero attached hydrogens (tertiary/aromatic N) is 2. The summed E-state index contributed by atoms with van der Waals surface area (Å²) in [4.78, 5) is 31.2. The molecule has 1 aromatic heterocycles. The van der Waals surface area contributed by atoms with E-state index in [1.807, 2.05) is 25.1 Å². The first-order valence-corrected chi connectivity index (χ1v) is 11.9. The van der Waals surface area contributed by atoms with Crippen molar-refractivity contribution in [3.05, 3.63) is 69.6 Å². The van der Waals surface area contributed by atoms with Crippen molar-refractivity contribution in [2.24, 2.45) is 0 Å². The van der Waals surface area contributed by atoms with Crippen LogP contribution in [-0.2, 0) is 0 Å². The Morgan fingerprint density at radius 1 is 1.03 bits per heavy atom. The number of ether oxygens (including phenoxy) is 2. The fourth-order valence-corrected chi connectivity index (χ4v) is 4.68. The van der Waals surface area contributed by atoms with Gasteiger partial charge in [0, 0.05) is 6.54 Å². The number of benzene rings is 2. The van der Waals surface area contributed by atoms with E-state index in [4.69, 9.17) is 13.9 Å². The van der Waals surface area contributed by atoms with E-state index < -0.39 is 6.04 Å². The number of methoxy groups -OCH3 is 1. The Morgan fingerprint density at radius 3 is 2.50 bits per heavy atom. The second kappa shape index (κ2) is 10.3. The van der Waals surface area contributed by atoms with Crippen molar-refractivity contribution in [1.82, 2.24) is 9.80 Å². The van der Waals surface area contributed by atoms with Crippen LogP contribution >= 0.6 is 0 Å². The zero-order valence-corrected chi connectivity index (χ0v) is 20.3. The molecule has 7 heteroatoms. The summed E-state index contributed by atoms with van der Waals surface area (Å²) in [6, 6.07) is 12.1. The van der Waals surface area contributed by atoms with Gasteiger partial charge in [0.15, 0.2) is 16.9 Å². The third kappa shape index (κ3) is 4.28. The van der Waals surface area contributed by atoms with Gasteiger partial charge >= 0.3 is 0 Å². The van der Waals surface area contributed by atoms with Gasteiger partial charge in [0.2, 0.25) is 5.76 Å². The molecule has 0 aliphatic carbocycles. The van der Waals surface area contributed by atoms with E-state index in [0.717, 1.165) is 31.6 Å². The lowest BCUT2D eigenvalue weighted by atomic mass is 9.98. The van der Waals surface area contributed by atoms with Crippen molar-refractivity contribution in [3.8, 4) is 11.5 Å². The van der Waals surface area contributed by atoms with E-state index in [9.17, 15) is 9.59 Å². The number of carbonyl (C=O) groups is 1. The van der Waals surface area contributed by atoms with Crippen molar-refractivity contribution >= 4 is 16.9 Å². The predicted octanol–water partition coefficient (Wildman–Crippen LogP) is 4.48. The molecule has 1 aliphatic rings. The second-order valence-corrected chi connectivity index (χ2v) is 8.29. The summed E-state index contributed by atoms with van der Waals surface area (Å²) in [7, 11) is 1.58. The molecule has 0 N–H and O–H groups in total. The van der Waals surface area contributed by atoms with Crippen molar-refractivity contribution < 1.29 is 18.7 Å². The summed E-state index contributed by atoms with van der Waals surface area (Å²) < 4.78 is 17.2. The Morgan fingerprint density at radius 2 is 1.79 bits per heavy atom. The minimum absolute atomic E-state index is 0.129. The SMILES string of the molecule is CCOc1ccc(C2c3c(oc4ccccc4c3=O)C(=O)N2CCCN(CC)CC)cc1OC. The van der Waals surface area contributed by atoms with Crippen LogP contribution in [0.1, 0.15) is 54.9 Å². The molecular formula is C27H32N2O5. The molecular weight excluding hydrogens is 432 g/mol. The minimum Gasteiger partial charge on any atom is -0.493 e. The highest BCUT2D eigenvalue weighted by atomic mass is 16.5. The number of fused-ring (bicyclic) bond motifs is 2. The molecule has 0 fully saturated rings. The highest BCUT2D eigenvalue weighted by molar-refractivity contribution is 5.99. The summed E-state index contributed by atoms with van der Waals surface area (Å²) in [6.07, 6.45) is 0.791. The lowest BCUT2D eigenvalue weighted by molar-refractivity contribution is 0.0720. The van der Waals surface area contributed by atoms with Crippen LogP contribution in [0.2, 0.25) is 0 Å². The molecule has 1 atom stereocenters. The number of para-hydroxylation sites is 1. The minimum atomic E-state index is -0.551. The lowest BCUT2D eigenvalue weighted by Gasteiger charge is -2.27. The quantitative estimate of drug-likeness (QED) is 0.441. The highest BCUT2D eigenvalue weighted by Crippen LogP contribution is 2.41. The highest BCUT2D eigenvalue weighted by Gasteiger charge is 2.42. The van der Waals surface area contributed by atoms with E-state index in [2.05, 4.69) is 18.7 Å². The third-order valence-corrected chi connectivity index (χ3v) is 6.44. The Hall–Kier alpha value is -3.32. The second-order valence-electron chi connectivity index (χ2n) is 8.29. The molecule has 34 heavy (non-hydrogen) atoms. The molecule has 2 heterocycles. The molecule has 0 saturated heterocycles. The first-order valence-electron chi connectivity index (χ1n) is 11.9. The first kappa shape index (κ1) is 23.8. The van der Waals surface area contributed by atoms with Gasteiger partial charge in [-0.3, -0.25) is 9.59 Å². The van der Waals surface area contributed by atoms with Crippen LogP contribution in [0.15, 0.2) is 51.7 Å². The van der Waals surface area contributed by atoms with Gasteiger partial charge in [-0.05, 0) is 62.8 Å². The van der Waals surface area contributed by atoms with Crippen LogP contribution in [0.4, 0.5) is 0 Å². The zero-order valence-electron chi connectivity index (χ0n) is 20.3. The van der Waals surface area contributed by atoms with Crippen LogP contribution in [0.5, 0.6) is 11.5 Å². The van der Waals surface area contributed by atoms with Crippen LogP contribution in [0.3, 0.4) is 0 Å². The summed E-state index contributed by atoms with van der Waals surface area (Å²) in [5.74, 6) is 1.06. The van der Waals surface area contributed by atoms with E-state index in [0.29, 0.717) is 41.2 Å². The average Bonchev–Trinajstić information content (AvgIpc) is 3.14. The summed E-state index contributed by atoms with van der Waals surface area (Å²) in [5.41, 5.74) is 1.43. The number of rotatable bonds is 10. The molecule has 4 rings (SSSR count). The molecule has 3 aromatic rings. The molecule has 1 unspecified atom stereocenters. The monoisotopic (exact) mass is 464 g/mol. The van der Waals surface area contributed by atoms with Crippen molar-refractivity contribution in [2.75, 3.05) is 39.9 Å². The largest absolute Gasteiger partial charge is 0.493 e. The van der Waals surface area contributed by atoms with Crippen LogP contribution in [0.25, 0.3) is 11.0 Å². The first-order chi connectivity index (χ1) is 16.5. The molecule has 1 amide bonds. The van der Waals surface area contributed by atoms with Gasteiger partial charge in [0.25, 0.3) is 5.91 Å². The smallest absolute Gasteiger partial charge is 0.290 e. The molecule has 1 aliphatic heterocycles. The van der Waals surface area contributed by atoms with Gasteiger partial charge in [0.1, 0.15) is 5.58 Å². The van der Waals surface area contributed by atoms with Gasteiger partial charge in [-0.2, -0.15) is 0 Å². The normalized spacial score (nSPS) is 15.3. The van der Waals surface area contributed by atoms with Gasteiger partial charge in [-0.1, -0.05) is 32.0 Å². The van der Waals surface area contributed by atoms with Crippen molar-refractivity contribution in [1.29, 1.82) is 0 Å². The van der Waals surface area contributed by atoms with Gasteiger partial charge < -0.3 is 23.7 Å². The number of carbonyl (C=O) groups excluding carboxylic acids is 1. The standard InChI is InChI=1S/C27H32N2O5/c1-5-28(6-2)15-10-16-29-24(18-13-14-21(33-7-3)22(17-18)32-4)23-25(30)19-11-8-9-12-20(19)34-26(23)27(29)31/h8-9,11-14,17,24H,5-7,10,15-16H2,1-4H3. The fraction of sp³-hybridized carbons (Fsp3) is 0.407. The Balaban J connectivity index is 1.81. The number of hydrogen-bond acceptors (Lipinski definition) is 6. The molecule has 0 bridgehead atoms. The predicted molar refractivity (Wildman–Crippen MR) is 132 cm³/mol.